The molecule has 0 heterocycles. The summed E-state index contributed by atoms with van der Waals surface area (Å²) in [5, 5.41) is 0. The SMILES string of the molecule is COc1ccc(/C=C/C(=O)c2ccc(C(C)C)cc2)cc1COc1cccc(C)c1C. The van der Waals surface area contributed by atoms with Crippen molar-refractivity contribution in [3.8, 4) is 11.5 Å². The summed E-state index contributed by atoms with van der Waals surface area (Å²) in [5.74, 6) is 2.06. The van der Waals surface area contributed by atoms with E-state index in [-0.39, 0.29) is 5.78 Å². The summed E-state index contributed by atoms with van der Waals surface area (Å²) in [6, 6.07) is 19.7. The Bertz CT molecular complexity index is 1080. The maximum absolute atomic E-state index is 12.6. The molecule has 0 aliphatic carbocycles. The van der Waals surface area contributed by atoms with Crippen molar-refractivity contribution in [2.45, 2.75) is 40.2 Å². The Kier molecular flexibility index (Phi) is 7.30. The van der Waals surface area contributed by atoms with E-state index in [1.165, 1.54) is 11.1 Å². The lowest BCUT2D eigenvalue weighted by Crippen LogP contribution is -2.01. The fraction of sp³-hybridized carbons (Fsp3) is 0.250. The van der Waals surface area contributed by atoms with E-state index in [0.29, 0.717) is 18.1 Å². The molecule has 0 amide bonds. The highest BCUT2D eigenvalue weighted by molar-refractivity contribution is 6.06. The second-order valence-corrected chi connectivity index (χ2v) is 8.03. The lowest BCUT2D eigenvalue weighted by Gasteiger charge is -2.13. The molecular weight excluding hydrogens is 384 g/mol. The zero-order valence-corrected chi connectivity index (χ0v) is 18.9. The summed E-state index contributed by atoms with van der Waals surface area (Å²) in [6.07, 6.45) is 3.45. The van der Waals surface area contributed by atoms with Crippen LogP contribution in [-0.2, 0) is 6.61 Å². The molecule has 0 atom stereocenters. The van der Waals surface area contributed by atoms with Crippen LogP contribution in [0.25, 0.3) is 6.08 Å². The molecule has 0 N–H and O–H groups in total. The van der Waals surface area contributed by atoms with E-state index in [4.69, 9.17) is 9.47 Å². The van der Waals surface area contributed by atoms with E-state index in [1.807, 2.05) is 60.7 Å². The third-order valence-electron chi connectivity index (χ3n) is 5.53. The van der Waals surface area contributed by atoms with Gasteiger partial charge in [0.1, 0.15) is 18.1 Å². The van der Waals surface area contributed by atoms with E-state index < -0.39 is 0 Å². The van der Waals surface area contributed by atoms with Crippen molar-refractivity contribution in [1.82, 2.24) is 0 Å². The number of carbonyl (C=O) groups excluding carboxylic acids is 1. The Balaban J connectivity index is 1.74. The predicted octanol–water partition coefficient (Wildman–Crippen LogP) is 6.91. The van der Waals surface area contributed by atoms with Crippen LogP contribution < -0.4 is 9.47 Å². The molecule has 0 unspecified atom stereocenters. The molecular formula is C28H30O3. The Morgan fingerprint density at radius 1 is 0.968 bits per heavy atom. The average molecular weight is 415 g/mol. The molecule has 3 aromatic carbocycles. The normalized spacial score (nSPS) is 11.2. The Hall–Kier alpha value is -3.33. The maximum atomic E-state index is 12.6. The van der Waals surface area contributed by atoms with Crippen LogP contribution in [-0.4, -0.2) is 12.9 Å². The van der Waals surface area contributed by atoms with Crippen LogP contribution in [0.2, 0.25) is 0 Å². The van der Waals surface area contributed by atoms with Gasteiger partial charge in [0.05, 0.1) is 7.11 Å². The largest absolute Gasteiger partial charge is 0.496 e. The van der Waals surface area contributed by atoms with E-state index in [1.54, 1.807) is 13.2 Å². The van der Waals surface area contributed by atoms with Crippen molar-refractivity contribution in [2.24, 2.45) is 0 Å². The van der Waals surface area contributed by atoms with Crippen LogP contribution in [0.4, 0.5) is 0 Å². The highest BCUT2D eigenvalue weighted by atomic mass is 16.5. The topological polar surface area (TPSA) is 35.5 Å². The van der Waals surface area contributed by atoms with Crippen LogP contribution in [0.15, 0.2) is 66.7 Å². The standard InChI is InChI=1S/C28H30O3/c1-19(2)23-11-13-24(14-12-23)26(29)15-9-22-10-16-28(30-5)25(17-22)18-31-27-8-6-7-20(3)21(27)4/h6-17,19H,18H2,1-5H3/b15-9+. The monoisotopic (exact) mass is 414 g/mol. The van der Waals surface area contributed by atoms with Crippen molar-refractivity contribution in [1.29, 1.82) is 0 Å². The number of methoxy groups -OCH3 is 1. The van der Waals surface area contributed by atoms with Crippen molar-refractivity contribution in [3.63, 3.8) is 0 Å². The second kappa shape index (κ2) is 10.1. The number of benzene rings is 3. The summed E-state index contributed by atoms with van der Waals surface area (Å²) in [7, 11) is 1.65. The van der Waals surface area contributed by atoms with Gasteiger partial charge in [0.15, 0.2) is 5.78 Å². The van der Waals surface area contributed by atoms with Gasteiger partial charge in [-0.15, -0.1) is 0 Å². The fourth-order valence-corrected chi connectivity index (χ4v) is 3.35. The molecule has 0 fully saturated rings. The summed E-state index contributed by atoms with van der Waals surface area (Å²) in [4.78, 5) is 12.6. The zero-order chi connectivity index (χ0) is 22.4. The lowest BCUT2D eigenvalue weighted by atomic mass is 10.00. The lowest BCUT2D eigenvalue weighted by molar-refractivity contribution is 0.104. The van der Waals surface area contributed by atoms with Crippen molar-refractivity contribution in [2.75, 3.05) is 7.11 Å². The molecule has 0 aliphatic heterocycles. The first-order valence-corrected chi connectivity index (χ1v) is 10.6. The Morgan fingerprint density at radius 2 is 1.71 bits per heavy atom. The molecule has 3 nitrogen and oxygen atoms in total. The van der Waals surface area contributed by atoms with Crippen LogP contribution in [0.3, 0.4) is 0 Å². The minimum atomic E-state index is -0.0145. The van der Waals surface area contributed by atoms with Crippen LogP contribution in [0.5, 0.6) is 11.5 Å². The van der Waals surface area contributed by atoms with Gasteiger partial charge in [-0.05, 0) is 66.3 Å². The minimum absolute atomic E-state index is 0.0145. The predicted molar refractivity (Wildman–Crippen MR) is 127 cm³/mol. The highest BCUT2D eigenvalue weighted by Crippen LogP contribution is 2.26. The van der Waals surface area contributed by atoms with Gasteiger partial charge in [-0.1, -0.05) is 62.4 Å². The molecule has 0 saturated heterocycles. The van der Waals surface area contributed by atoms with Gasteiger partial charge in [0.2, 0.25) is 0 Å². The molecule has 3 rings (SSSR count). The van der Waals surface area contributed by atoms with Crippen LogP contribution in [0, 0.1) is 13.8 Å². The maximum Gasteiger partial charge on any atom is 0.185 e. The molecule has 31 heavy (non-hydrogen) atoms. The highest BCUT2D eigenvalue weighted by Gasteiger charge is 2.08. The summed E-state index contributed by atoms with van der Waals surface area (Å²) < 4.78 is 11.6. The number of carbonyl (C=O) groups is 1. The average Bonchev–Trinajstić information content (AvgIpc) is 2.78. The molecule has 0 aliphatic rings. The first-order chi connectivity index (χ1) is 14.9. The number of hydrogen-bond donors (Lipinski definition) is 0. The summed E-state index contributed by atoms with van der Waals surface area (Å²) in [5.41, 5.74) is 6.09. The Morgan fingerprint density at radius 3 is 2.39 bits per heavy atom. The van der Waals surface area contributed by atoms with E-state index in [0.717, 1.165) is 28.2 Å². The summed E-state index contributed by atoms with van der Waals surface area (Å²) in [6.45, 7) is 8.80. The van der Waals surface area contributed by atoms with Crippen molar-refractivity contribution in [3.05, 3.63) is 100 Å². The zero-order valence-electron chi connectivity index (χ0n) is 18.9. The van der Waals surface area contributed by atoms with Gasteiger partial charge in [0, 0.05) is 11.1 Å². The molecule has 0 radical (unpaired) electrons. The fourth-order valence-electron chi connectivity index (χ4n) is 3.35. The van der Waals surface area contributed by atoms with Gasteiger partial charge in [0.25, 0.3) is 0 Å². The molecule has 0 saturated carbocycles. The number of rotatable bonds is 8. The number of allylic oxidation sites excluding steroid dienone is 1. The molecule has 3 aromatic rings. The number of hydrogen-bond acceptors (Lipinski definition) is 3. The van der Waals surface area contributed by atoms with Crippen molar-refractivity contribution < 1.29 is 14.3 Å². The van der Waals surface area contributed by atoms with Crippen LogP contribution >= 0.6 is 0 Å². The van der Waals surface area contributed by atoms with Gasteiger partial charge >= 0.3 is 0 Å². The number of ketones is 1. The number of ether oxygens (including phenoxy) is 2. The first-order valence-electron chi connectivity index (χ1n) is 10.6. The van der Waals surface area contributed by atoms with E-state index >= 15 is 0 Å². The van der Waals surface area contributed by atoms with E-state index in [9.17, 15) is 4.79 Å². The number of aryl methyl sites for hydroxylation is 1. The molecule has 0 bridgehead atoms. The van der Waals surface area contributed by atoms with Crippen LogP contribution in [0.1, 0.15) is 57.9 Å². The molecule has 3 heteroatoms. The Labute approximate surface area is 185 Å². The second-order valence-electron chi connectivity index (χ2n) is 8.03. The quantitative estimate of drug-likeness (QED) is 0.297. The summed E-state index contributed by atoms with van der Waals surface area (Å²) >= 11 is 0. The third-order valence-corrected chi connectivity index (χ3v) is 5.53. The molecule has 160 valence electrons. The van der Waals surface area contributed by atoms with Gasteiger partial charge < -0.3 is 9.47 Å². The molecule has 0 aromatic heterocycles. The first kappa shape index (κ1) is 22.4. The van der Waals surface area contributed by atoms with Gasteiger partial charge in [-0.3, -0.25) is 4.79 Å². The molecule has 0 spiro atoms. The van der Waals surface area contributed by atoms with Crippen molar-refractivity contribution >= 4 is 11.9 Å². The third kappa shape index (κ3) is 5.64. The smallest absolute Gasteiger partial charge is 0.185 e. The van der Waals surface area contributed by atoms with E-state index in [2.05, 4.69) is 33.8 Å². The minimum Gasteiger partial charge on any atom is -0.496 e. The van der Waals surface area contributed by atoms with Gasteiger partial charge in [-0.25, -0.2) is 0 Å². The van der Waals surface area contributed by atoms with Gasteiger partial charge in [-0.2, -0.15) is 0 Å².